The van der Waals surface area contributed by atoms with Crippen molar-refractivity contribution < 1.29 is 14.3 Å². The number of aromatic nitrogens is 2. The van der Waals surface area contributed by atoms with Crippen LogP contribution in [0.1, 0.15) is 62.4 Å². The van der Waals surface area contributed by atoms with E-state index >= 15 is 0 Å². The number of carbonyl (C=O) groups excluding carboxylic acids is 2. The minimum atomic E-state index is -0.982. The molecule has 174 valence electrons. The number of H-pyrrole nitrogens is 1. The van der Waals surface area contributed by atoms with Crippen LogP contribution in [0.2, 0.25) is 0 Å². The fraction of sp³-hybridized carbons (Fsp3) is 0.542. The molecule has 2 aromatic rings. The van der Waals surface area contributed by atoms with Gasteiger partial charge in [0, 0.05) is 30.8 Å². The fourth-order valence-electron chi connectivity index (χ4n) is 3.58. The number of aryl methyl sites for hydroxylation is 1. The number of hydrogen-bond donors (Lipinski definition) is 3. The topological polar surface area (TPSA) is 113 Å². The Kier molecular flexibility index (Phi) is 7.90. The molecule has 0 radical (unpaired) electrons. The molecule has 1 fully saturated rings. The number of carbonyl (C=O) groups is 2. The summed E-state index contributed by atoms with van der Waals surface area (Å²) in [6.07, 6.45) is 6.57. The Hall–Kier alpha value is -2.87. The normalized spacial score (nSPS) is 14.6. The molecular formula is C24H35N5O3. The highest BCUT2D eigenvalue weighted by atomic mass is 16.6. The van der Waals surface area contributed by atoms with Crippen LogP contribution in [0.15, 0.2) is 36.5 Å². The van der Waals surface area contributed by atoms with Gasteiger partial charge in [0.1, 0.15) is 0 Å². The lowest BCUT2D eigenvalue weighted by Gasteiger charge is -2.25. The molecule has 1 aliphatic carbocycles. The number of nitrogens with one attached hydrogen (secondary N) is 2. The first kappa shape index (κ1) is 23.8. The maximum Gasteiger partial charge on any atom is 0.409 e. The van der Waals surface area contributed by atoms with E-state index in [4.69, 9.17) is 10.5 Å². The summed E-state index contributed by atoms with van der Waals surface area (Å²) in [6.45, 7) is 3.63. The Morgan fingerprint density at radius 1 is 1.28 bits per heavy atom. The zero-order valence-corrected chi connectivity index (χ0v) is 19.3. The van der Waals surface area contributed by atoms with E-state index < -0.39 is 5.54 Å². The van der Waals surface area contributed by atoms with Gasteiger partial charge in [0.25, 0.3) is 0 Å². The van der Waals surface area contributed by atoms with Crippen LogP contribution < -0.4 is 11.1 Å². The molecule has 0 bridgehead atoms. The molecular weight excluding hydrogens is 406 g/mol. The van der Waals surface area contributed by atoms with Gasteiger partial charge in [-0.05, 0) is 51.5 Å². The average Bonchev–Trinajstić information content (AvgIpc) is 3.51. The number of benzene rings is 1. The van der Waals surface area contributed by atoms with Gasteiger partial charge < -0.3 is 20.7 Å². The SMILES string of the molecule is CN(C(=O)OCCc1[nH]ncc1C(CCCc1ccccc1)NC(=O)C(C)(C)N)C1CC1. The Labute approximate surface area is 189 Å². The number of amides is 2. The van der Waals surface area contributed by atoms with Gasteiger partial charge in [-0.25, -0.2) is 4.79 Å². The number of rotatable bonds is 11. The van der Waals surface area contributed by atoms with Gasteiger partial charge in [-0.2, -0.15) is 5.10 Å². The van der Waals surface area contributed by atoms with E-state index in [0.29, 0.717) is 12.5 Å². The molecule has 1 heterocycles. The largest absolute Gasteiger partial charge is 0.449 e. The van der Waals surface area contributed by atoms with Crippen molar-refractivity contribution in [2.24, 2.45) is 5.73 Å². The third-order valence-electron chi connectivity index (χ3n) is 5.78. The lowest BCUT2D eigenvalue weighted by atomic mass is 9.97. The third-order valence-corrected chi connectivity index (χ3v) is 5.78. The van der Waals surface area contributed by atoms with Crippen LogP contribution in [0.25, 0.3) is 0 Å². The highest BCUT2D eigenvalue weighted by Crippen LogP contribution is 2.26. The van der Waals surface area contributed by atoms with Crippen LogP contribution in [-0.2, 0) is 22.4 Å². The Morgan fingerprint density at radius 2 is 2.00 bits per heavy atom. The van der Waals surface area contributed by atoms with Crippen LogP contribution >= 0.6 is 0 Å². The fourth-order valence-corrected chi connectivity index (χ4v) is 3.58. The first-order chi connectivity index (χ1) is 15.3. The quantitative estimate of drug-likeness (QED) is 0.496. The van der Waals surface area contributed by atoms with Gasteiger partial charge in [-0.15, -0.1) is 0 Å². The smallest absolute Gasteiger partial charge is 0.409 e. The van der Waals surface area contributed by atoms with Crippen LogP contribution in [0.5, 0.6) is 0 Å². The third kappa shape index (κ3) is 6.82. The minimum Gasteiger partial charge on any atom is -0.449 e. The van der Waals surface area contributed by atoms with Crippen molar-refractivity contribution in [3.8, 4) is 0 Å². The Morgan fingerprint density at radius 3 is 2.66 bits per heavy atom. The van der Waals surface area contributed by atoms with Gasteiger partial charge in [0.05, 0.1) is 24.4 Å². The van der Waals surface area contributed by atoms with Crippen molar-refractivity contribution in [1.29, 1.82) is 0 Å². The van der Waals surface area contributed by atoms with E-state index in [9.17, 15) is 9.59 Å². The standard InChI is InChI=1S/C24H35N5O3/c1-24(2,25)22(30)27-20(11-7-10-17-8-5-4-6-9-17)19-16-26-28-21(19)14-15-32-23(31)29(3)18-12-13-18/h4-6,8-9,16,18,20H,7,10-15,25H2,1-3H3,(H,26,28)(H,27,30). The molecule has 0 spiro atoms. The van der Waals surface area contributed by atoms with Crippen LogP contribution in [0.3, 0.4) is 0 Å². The second-order valence-corrected chi connectivity index (χ2v) is 9.14. The molecule has 0 aliphatic heterocycles. The summed E-state index contributed by atoms with van der Waals surface area (Å²) in [4.78, 5) is 26.4. The maximum atomic E-state index is 12.6. The van der Waals surface area contributed by atoms with Crippen molar-refractivity contribution >= 4 is 12.0 Å². The van der Waals surface area contributed by atoms with Crippen molar-refractivity contribution in [2.75, 3.05) is 13.7 Å². The molecule has 8 heteroatoms. The summed E-state index contributed by atoms with van der Waals surface area (Å²) < 4.78 is 5.42. The van der Waals surface area contributed by atoms with E-state index in [1.165, 1.54) is 5.56 Å². The van der Waals surface area contributed by atoms with E-state index in [-0.39, 0.29) is 24.6 Å². The highest BCUT2D eigenvalue weighted by Gasteiger charge is 2.30. The van der Waals surface area contributed by atoms with Crippen molar-refractivity contribution in [3.05, 3.63) is 53.3 Å². The van der Waals surface area contributed by atoms with Crippen molar-refractivity contribution in [1.82, 2.24) is 20.4 Å². The molecule has 1 unspecified atom stereocenters. The molecule has 1 aliphatic rings. The number of aromatic amines is 1. The minimum absolute atomic E-state index is 0.216. The number of ether oxygens (including phenoxy) is 1. The lowest BCUT2D eigenvalue weighted by Crippen LogP contribution is -2.50. The van der Waals surface area contributed by atoms with Crippen LogP contribution in [0, 0.1) is 0 Å². The molecule has 1 atom stereocenters. The number of hydrogen-bond acceptors (Lipinski definition) is 5. The van der Waals surface area contributed by atoms with Crippen LogP contribution in [-0.4, -0.2) is 52.3 Å². The van der Waals surface area contributed by atoms with Gasteiger partial charge in [-0.3, -0.25) is 9.89 Å². The highest BCUT2D eigenvalue weighted by molar-refractivity contribution is 5.85. The van der Waals surface area contributed by atoms with Gasteiger partial charge in [0.15, 0.2) is 0 Å². The van der Waals surface area contributed by atoms with E-state index in [0.717, 1.165) is 43.4 Å². The zero-order valence-electron chi connectivity index (χ0n) is 19.3. The average molecular weight is 442 g/mol. The Bertz CT molecular complexity index is 887. The predicted octanol–water partition coefficient (Wildman–Crippen LogP) is 3.10. The maximum absolute atomic E-state index is 12.6. The number of nitrogens with zero attached hydrogens (tertiary/aromatic N) is 2. The van der Waals surface area contributed by atoms with Crippen molar-refractivity contribution in [2.45, 2.75) is 70.0 Å². The van der Waals surface area contributed by atoms with E-state index in [1.54, 1.807) is 32.0 Å². The predicted molar refractivity (Wildman–Crippen MR) is 123 cm³/mol. The van der Waals surface area contributed by atoms with Gasteiger partial charge in [-0.1, -0.05) is 30.3 Å². The second-order valence-electron chi connectivity index (χ2n) is 9.14. The van der Waals surface area contributed by atoms with Gasteiger partial charge in [0.2, 0.25) is 5.91 Å². The summed E-state index contributed by atoms with van der Waals surface area (Å²) in [7, 11) is 1.77. The molecule has 8 nitrogen and oxygen atoms in total. The number of nitrogens with two attached hydrogens (primary N) is 1. The van der Waals surface area contributed by atoms with E-state index in [1.807, 2.05) is 18.2 Å². The zero-order chi connectivity index (χ0) is 23.1. The summed E-state index contributed by atoms with van der Waals surface area (Å²) in [5.41, 5.74) is 8.05. The monoisotopic (exact) mass is 441 g/mol. The summed E-state index contributed by atoms with van der Waals surface area (Å²) in [5.74, 6) is -0.216. The van der Waals surface area contributed by atoms with E-state index in [2.05, 4.69) is 27.6 Å². The Balaban J connectivity index is 1.62. The molecule has 2 amide bonds. The molecule has 32 heavy (non-hydrogen) atoms. The molecule has 3 rings (SSSR count). The molecule has 1 aromatic carbocycles. The molecule has 1 saturated carbocycles. The molecule has 1 aromatic heterocycles. The summed E-state index contributed by atoms with van der Waals surface area (Å²) >= 11 is 0. The van der Waals surface area contributed by atoms with Crippen LogP contribution in [0.4, 0.5) is 4.79 Å². The van der Waals surface area contributed by atoms with Crippen molar-refractivity contribution in [3.63, 3.8) is 0 Å². The molecule has 0 saturated heterocycles. The second kappa shape index (κ2) is 10.6. The van der Waals surface area contributed by atoms with Gasteiger partial charge >= 0.3 is 6.09 Å². The first-order valence-corrected chi connectivity index (χ1v) is 11.3. The first-order valence-electron chi connectivity index (χ1n) is 11.3. The summed E-state index contributed by atoms with van der Waals surface area (Å²) in [6, 6.07) is 10.4. The molecule has 4 N–H and O–H groups in total. The summed E-state index contributed by atoms with van der Waals surface area (Å²) in [5, 5.41) is 10.3. The lowest BCUT2D eigenvalue weighted by molar-refractivity contribution is -0.126.